The van der Waals surface area contributed by atoms with Gasteiger partial charge in [0.2, 0.25) is 0 Å². The van der Waals surface area contributed by atoms with Crippen LogP contribution < -0.4 is 5.73 Å². The van der Waals surface area contributed by atoms with Crippen molar-refractivity contribution in [2.75, 3.05) is 0 Å². The lowest BCUT2D eigenvalue weighted by molar-refractivity contribution is 0.0153. The molecule has 0 bridgehead atoms. The van der Waals surface area contributed by atoms with Crippen LogP contribution in [0.25, 0.3) is 0 Å². The maximum absolute atomic E-state index is 9.16. The molecule has 2 unspecified atom stereocenters. The third kappa shape index (κ3) is 1.96. The lowest BCUT2D eigenvalue weighted by atomic mass is 9.77. The van der Waals surface area contributed by atoms with Crippen LogP contribution in [-0.4, -0.2) is 11.3 Å². The molecule has 0 spiro atoms. The number of aliphatic hydroxyl groups is 1. The Morgan fingerprint density at radius 1 is 1.50 bits per heavy atom. The maximum Gasteiger partial charge on any atom is 0.107 e. The Bertz CT molecular complexity index is 99.4. The zero-order valence-corrected chi connectivity index (χ0v) is 7.39. The molecule has 10 heavy (non-hydrogen) atoms. The molecular weight excluding hydrogens is 126 g/mol. The normalized spacial score (nSPS) is 18.6. The monoisotopic (exact) mass is 145 g/mol. The molecule has 0 heterocycles. The molecule has 3 N–H and O–H groups in total. The molecule has 0 aliphatic rings. The summed E-state index contributed by atoms with van der Waals surface area (Å²) in [6, 6.07) is 0. The van der Waals surface area contributed by atoms with E-state index in [4.69, 9.17) is 10.8 Å². The van der Waals surface area contributed by atoms with Crippen molar-refractivity contribution in [1.82, 2.24) is 0 Å². The van der Waals surface area contributed by atoms with Crippen molar-refractivity contribution in [2.45, 2.75) is 40.3 Å². The van der Waals surface area contributed by atoms with E-state index < -0.39 is 6.23 Å². The Morgan fingerprint density at radius 2 is 1.90 bits per heavy atom. The summed E-state index contributed by atoms with van der Waals surface area (Å²) >= 11 is 0. The van der Waals surface area contributed by atoms with Crippen LogP contribution in [0.3, 0.4) is 0 Å². The highest BCUT2D eigenvalue weighted by atomic mass is 16.3. The summed E-state index contributed by atoms with van der Waals surface area (Å²) in [5.41, 5.74) is 5.24. The third-order valence-corrected chi connectivity index (χ3v) is 2.64. The molecule has 0 aromatic heterocycles. The summed E-state index contributed by atoms with van der Waals surface area (Å²) in [6.07, 6.45) is 0.351. The van der Waals surface area contributed by atoms with Crippen LogP contribution in [0.4, 0.5) is 0 Å². The third-order valence-electron chi connectivity index (χ3n) is 2.64. The van der Waals surface area contributed by atoms with E-state index in [-0.39, 0.29) is 5.41 Å². The largest absolute Gasteiger partial charge is 0.378 e. The van der Waals surface area contributed by atoms with Crippen LogP contribution in [0.15, 0.2) is 0 Å². The highest BCUT2D eigenvalue weighted by Gasteiger charge is 2.29. The summed E-state index contributed by atoms with van der Waals surface area (Å²) < 4.78 is 0. The summed E-state index contributed by atoms with van der Waals surface area (Å²) in [6.45, 7) is 8.20. The van der Waals surface area contributed by atoms with Gasteiger partial charge in [-0.05, 0) is 5.92 Å². The first-order valence-corrected chi connectivity index (χ1v) is 3.86. The SMILES string of the molecule is CCC(C)C(C)(C)C(N)O. The van der Waals surface area contributed by atoms with Gasteiger partial charge in [-0.1, -0.05) is 34.1 Å². The minimum atomic E-state index is -0.706. The fourth-order valence-corrected chi connectivity index (χ4v) is 0.818. The number of hydrogen-bond acceptors (Lipinski definition) is 2. The van der Waals surface area contributed by atoms with Gasteiger partial charge in [0.1, 0.15) is 6.23 Å². The Labute approximate surface area is 63.4 Å². The Kier molecular flexibility index (Phi) is 3.33. The van der Waals surface area contributed by atoms with Gasteiger partial charge in [-0.15, -0.1) is 0 Å². The van der Waals surface area contributed by atoms with Crippen molar-refractivity contribution in [3.05, 3.63) is 0 Å². The first-order chi connectivity index (χ1) is 4.42. The van der Waals surface area contributed by atoms with Crippen LogP contribution in [0.2, 0.25) is 0 Å². The van der Waals surface area contributed by atoms with E-state index in [0.717, 1.165) is 6.42 Å². The Hall–Kier alpha value is -0.0800. The molecular formula is C8H19NO. The fourth-order valence-electron chi connectivity index (χ4n) is 0.818. The summed E-state index contributed by atoms with van der Waals surface area (Å²) in [5.74, 6) is 0.465. The molecule has 2 atom stereocenters. The predicted octanol–water partition coefficient (Wildman–Crippen LogP) is 1.34. The molecule has 0 aliphatic heterocycles. The molecule has 0 aromatic carbocycles. The molecule has 0 radical (unpaired) electrons. The Morgan fingerprint density at radius 3 is 2.00 bits per heavy atom. The average Bonchev–Trinajstić information content (AvgIpc) is 1.86. The topological polar surface area (TPSA) is 46.2 Å². The van der Waals surface area contributed by atoms with Crippen LogP contribution in [0.1, 0.15) is 34.1 Å². The van der Waals surface area contributed by atoms with E-state index in [1.54, 1.807) is 0 Å². The number of hydrogen-bond donors (Lipinski definition) is 2. The summed E-state index contributed by atoms with van der Waals surface area (Å²) in [4.78, 5) is 0. The quantitative estimate of drug-likeness (QED) is 0.589. The van der Waals surface area contributed by atoms with Gasteiger partial charge in [0.05, 0.1) is 0 Å². The van der Waals surface area contributed by atoms with Gasteiger partial charge in [-0.3, -0.25) is 0 Å². The highest BCUT2D eigenvalue weighted by molar-refractivity contribution is 4.78. The minimum absolute atomic E-state index is 0.158. The van der Waals surface area contributed by atoms with Gasteiger partial charge in [0.25, 0.3) is 0 Å². The molecule has 2 heteroatoms. The van der Waals surface area contributed by atoms with Crippen molar-refractivity contribution in [3.63, 3.8) is 0 Å². The van der Waals surface area contributed by atoms with E-state index in [1.165, 1.54) is 0 Å². The maximum atomic E-state index is 9.16. The second kappa shape index (κ2) is 3.35. The van der Waals surface area contributed by atoms with Gasteiger partial charge in [-0.2, -0.15) is 0 Å². The van der Waals surface area contributed by atoms with Crippen LogP contribution in [-0.2, 0) is 0 Å². The van der Waals surface area contributed by atoms with Gasteiger partial charge >= 0.3 is 0 Å². The van der Waals surface area contributed by atoms with E-state index in [9.17, 15) is 0 Å². The zero-order valence-electron chi connectivity index (χ0n) is 7.39. The lowest BCUT2D eigenvalue weighted by Gasteiger charge is -2.33. The van der Waals surface area contributed by atoms with Crippen molar-refractivity contribution >= 4 is 0 Å². The number of nitrogens with two attached hydrogens (primary N) is 1. The van der Waals surface area contributed by atoms with Crippen LogP contribution in [0.5, 0.6) is 0 Å². The van der Waals surface area contributed by atoms with E-state index in [2.05, 4.69) is 13.8 Å². The van der Waals surface area contributed by atoms with Gasteiger partial charge < -0.3 is 10.8 Å². The van der Waals surface area contributed by atoms with Gasteiger partial charge in [0.15, 0.2) is 0 Å². The zero-order chi connectivity index (χ0) is 8.36. The molecule has 0 amide bonds. The standard InChI is InChI=1S/C8H19NO/c1-5-6(2)8(3,4)7(9)10/h6-7,10H,5,9H2,1-4H3. The molecule has 0 aromatic rings. The van der Waals surface area contributed by atoms with Crippen molar-refractivity contribution in [2.24, 2.45) is 17.1 Å². The van der Waals surface area contributed by atoms with Crippen molar-refractivity contribution < 1.29 is 5.11 Å². The summed E-state index contributed by atoms with van der Waals surface area (Å²) in [5, 5.41) is 9.16. The second-order valence-corrected chi connectivity index (χ2v) is 3.58. The molecule has 0 fully saturated rings. The summed E-state index contributed by atoms with van der Waals surface area (Å²) in [7, 11) is 0. The molecule has 2 nitrogen and oxygen atoms in total. The van der Waals surface area contributed by atoms with E-state index in [1.807, 2.05) is 13.8 Å². The van der Waals surface area contributed by atoms with E-state index in [0.29, 0.717) is 5.92 Å². The second-order valence-electron chi connectivity index (χ2n) is 3.58. The Balaban J connectivity index is 4.09. The van der Waals surface area contributed by atoms with Gasteiger partial charge in [-0.25, -0.2) is 0 Å². The van der Waals surface area contributed by atoms with Crippen LogP contribution >= 0.6 is 0 Å². The molecule has 62 valence electrons. The molecule has 0 saturated heterocycles. The van der Waals surface area contributed by atoms with Crippen molar-refractivity contribution in [1.29, 1.82) is 0 Å². The average molecular weight is 145 g/mol. The fraction of sp³-hybridized carbons (Fsp3) is 1.00. The minimum Gasteiger partial charge on any atom is -0.378 e. The van der Waals surface area contributed by atoms with Crippen molar-refractivity contribution in [3.8, 4) is 0 Å². The smallest absolute Gasteiger partial charge is 0.107 e. The number of aliphatic hydroxyl groups excluding tert-OH is 1. The molecule has 0 rings (SSSR count). The molecule has 0 saturated carbocycles. The lowest BCUT2D eigenvalue weighted by Crippen LogP contribution is -2.41. The highest BCUT2D eigenvalue weighted by Crippen LogP contribution is 2.30. The predicted molar refractivity (Wildman–Crippen MR) is 43.4 cm³/mol. The van der Waals surface area contributed by atoms with E-state index >= 15 is 0 Å². The van der Waals surface area contributed by atoms with Crippen LogP contribution in [0, 0.1) is 11.3 Å². The first-order valence-electron chi connectivity index (χ1n) is 3.86. The first kappa shape index (κ1) is 9.92. The molecule has 0 aliphatic carbocycles. The number of rotatable bonds is 3. The van der Waals surface area contributed by atoms with Gasteiger partial charge in [0, 0.05) is 5.41 Å².